The summed E-state index contributed by atoms with van der Waals surface area (Å²) in [6.45, 7) is 4.69. The number of carbonyl (C=O) groups excluding carboxylic acids is 2. The Labute approximate surface area is 155 Å². The van der Waals surface area contributed by atoms with Gasteiger partial charge in [0, 0.05) is 18.2 Å². The third kappa shape index (κ3) is 5.73. The van der Waals surface area contributed by atoms with Gasteiger partial charge in [-0.25, -0.2) is 4.79 Å². The molecule has 2 atom stereocenters. The maximum absolute atomic E-state index is 12.2. The van der Waals surface area contributed by atoms with Crippen LogP contribution in [0.1, 0.15) is 55.5 Å². The summed E-state index contributed by atoms with van der Waals surface area (Å²) >= 11 is 0. The maximum atomic E-state index is 12.2. The molecule has 26 heavy (non-hydrogen) atoms. The van der Waals surface area contributed by atoms with Crippen LogP contribution in [0.5, 0.6) is 5.75 Å². The fourth-order valence-electron chi connectivity index (χ4n) is 3.22. The Morgan fingerprint density at radius 1 is 1.23 bits per heavy atom. The van der Waals surface area contributed by atoms with E-state index in [9.17, 15) is 9.59 Å². The van der Waals surface area contributed by atoms with Gasteiger partial charge >= 0.3 is 5.97 Å². The molecule has 144 valence electrons. The van der Waals surface area contributed by atoms with Gasteiger partial charge in [0.1, 0.15) is 5.75 Å². The molecule has 1 aromatic carbocycles. The molecule has 0 saturated heterocycles. The van der Waals surface area contributed by atoms with Crippen molar-refractivity contribution in [3.05, 3.63) is 29.3 Å². The summed E-state index contributed by atoms with van der Waals surface area (Å²) < 4.78 is 15.8. The Balaban J connectivity index is 1.89. The van der Waals surface area contributed by atoms with Gasteiger partial charge in [-0.3, -0.25) is 4.79 Å². The van der Waals surface area contributed by atoms with Crippen molar-refractivity contribution in [2.75, 3.05) is 20.3 Å². The topological polar surface area (TPSA) is 73.9 Å². The van der Waals surface area contributed by atoms with Crippen LogP contribution in [0.15, 0.2) is 18.2 Å². The first-order chi connectivity index (χ1) is 12.5. The standard InChI is InChI=1S/C20H29NO5/c1-4-25-12-16-11-15(9-10-18(16)24-3)20(23)26-13-19(22)21-17-8-6-5-7-14(17)2/h9-11,14,17H,4-8,12-13H2,1-3H3,(H,21,22)/t14-,17-/m1/s1. The summed E-state index contributed by atoms with van der Waals surface area (Å²) in [5.41, 5.74) is 1.14. The van der Waals surface area contributed by atoms with Crippen molar-refractivity contribution in [3.8, 4) is 5.75 Å². The van der Waals surface area contributed by atoms with Crippen molar-refractivity contribution in [3.63, 3.8) is 0 Å². The van der Waals surface area contributed by atoms with Crippen LogP contribution in [0.25, 0.3) is 0 Å². The summed E-state index contributed by atoms with van der Waals surface area (Å²) in [6, 6.07) is 5.18. The molecule has 0 aromatic heterocycles. The lowest BCUT2D eigenvalue weighted by atomic mass is 9.86. The second-order valence-corrected chi connectivity index (χ2v) is 6.68. The van der Waals surface area contributed by atoms with Crippen LogP contribution in [-0.2, 0) is 20.9 Å². The molecule has 0 spiro atoms. The van der Waals surface area contributed by atoms with Crippen LogP contribution < -0.4 is 10.1 Å². The molecule has 0 aliphatic heterocycles. The predicted octanol–water partition coefficient (Wildman–Crippen LogP) is 3.08. The zero-order valence-corrected chi connectivity index (χ0v) is 15.9. The highest BCUT2D eigenvalue weighted by atomic mass is 16.5. The fraction of sp³-hybridized carbons (Fsp3) is 0.600. The molecule has 1 saturated carbocycles. The summed E-state index contributed by atoms with van der Waals surface area (Å²) in [4.78, 5) is 24.3. The average Bonchev–Trinajstić information content (AvgIpc) is 2.66. The number of hydrogen-bond donors (Lipinski definition) is 1. The van der Waals surface area contributed by atoms with Gasteiger partial charge in [-0.2, -0.15) is 0 Å². The lowest BCUT2D eigenvalue weighted by Gasteiger charge is -2.29. The highest BCUT2D eigenvalue weighted by Crippen LogP contribution is 2.24. The number of benzene rings is 1. The molecule has 6 heteroatoms. The lowest BCUT2D eigenvalue weighted by molar-refractivity contribution is -0.125. The highest BCUT2D eigenvalue weighted by molar-refractivity contribution is 5.91. The summed E-state index contributed by atoms with van der Waals surface area (Å²) in [6.07, 6.45) is 4.45. The molecule has 0 unspecified atom stereocenters. The zero-order chi connectivity index (χ0) is 18.9. The van der Waals surface area contributed by atoms with E-state index in [1.54, 1.807) is 25.3 Å². The smallest absolute Gasteiger partial charge is 0.338 e. The van der Waals surface area contributed by atoms with Gasteiger partial charge in [-0.05, 0) is 43.9 Å². The molecule has 0 heterocycles. The minimum atomic E-state index is -0.530. The van der Waals surface area contributed by atoms with E-state index in [1.165, 1.54) is 6.42 Å². The first-order valence-electron chi connectivity index (χ1n) is 9.26. The Bertz CT molecular complexity index is 616. The van der Waals surface area contributed by atoms with E-state index in [-0.39, 0.29) is 18.6 Å². The molecule has 6 nitrogen and oxygen atoms in total. The zero-order valence-electron chi connectivity index (χ0n) is 15.9. The van der Waals surface area contributed by atoms with E-state index < -0.39 is 5.97 Å². The van der Waals surface area contributed by atoms with Crippen molar-refractivity contribution in [1.82, 2.24) is 5.32 Å². The van der Waals surface area contributed by atoms with E-state index in [4.69, 9.17) is 14.2 Å². The monoisotopic (exact) mass is 363 g/mol. The number of ether oxygens (including phenoxy) is 3. The molecular weight excluding hydrogens is 334 g/mol. The van der Waals surface area contributed by atoms with E-state index in [1.807, 2.05) is 6.92 Å². The van der Waals surface area contributed by atoms with E-state index >= 15 is 0 Å². The molecular formula is C20H29NO5. The summed E-state index contributed by atoms with van der Waals surface area (Å²) in [7, 11) is 1.57. The largest absolute Gasteiger partial charge is 0.496 e. The van der Waals surface area contributed by atoms with Crippen LogP contribution in [0, 0.1) is 5.92 Å². The van der Waals surface area contributed by atoms with Gasteiger partial charge in [0.2, 0.25) is 0 Å². The van der Waals surface area contributed by atoms with Crippen LogP contribution in [0.4, 0.5) is 0 Å². The number of esters is 1. The average molecular weight is 363 g/mol. The highest BCUT2D eigenvalue weighted by Gasteiger charge is 2.23. The quantitative estimate of drug-likeness (QED) is 0.719. The SMILES string of the molecule is CCOCc1cc(C(=O)OCC(=O)N[C@@H]2CCCC[C@H]2C)ccc1OC. The minimum absolute atomic E-state index is 0.175. The second kappa shape index (κ2) is 10.2. The minimum Gasteiger partial charge on any atom is -0.496 e. The Morgan fingerprint density at radius 2 is 2.00 bits per heavy atom. The first kappa shape index (κ1) is 20.2. The van der Waals surface area contributed by atoms with Crippen molar-refractivity contribution in [2.45, 2.75) is 52.2 Å². The van der Waals surface area contributed by atoms with Crippen LogP contribution >= 0.6 is 0 Å². The molecule has 0 bridgehead atoms. The molecule has 1 amide bonds. The Hall–Kier alpha value is -2.08. The molecule has 1 aliphatic rings. The van der Waals surface area contributed by atoms with E-state index in [2.05, 4.69) is 12.2 Å². The normalized spacial score (nSPS) is 19.7. The Morgan fingerprint density at radius 3 is 2.69 bits per heavy atom. The molecule has 1 N–H and O–H groups in total. The number of hydrogen-bond acceptors (Lipinski definition) is 5. The summed E-state index contributed by atoms with van der Waals surface area (Å²) in [5, 5.41) is 2.98. The van der Waals surface area contributed by atoms with Gasteiger partial charge in [0.25, 0.3) is 5.91 Å². The summed E-state index contributed by atoms with van der Waals surface area (Å²) in [5.74, 6) is 0.336. The van der Waals surface area contributed by atoms with Gasteiger partial charge < -0.3 is 19.5 Å². The van der Waals surface area contributed by atoms with Crippen molar-refractivity contribution in [1.29, 1.82) is 0 Å². The molecule has 1 aromatic rings. The third-order valence-electron chi connectivity index (χ3n) is 4.77. The molecule has 1 aliphatic carbocycles. The van der Waals surface area contributed by atoms with Crippen LogP contribution in [-0.4, -0.2) is 38.2 Å². The van der Waals surface area contributed by atoms with E-state index in [0.29, 0.717) is 30.4 Å². The van der Waals surface area contributed by atoms with E-state index in [0.717, 1.165) is 24.8 Å². The maximum Gasteiger partial charge on any atom is 0.338 e. The first-order valence-corrected chi connectivity index (χ1v) is 9.26. The van der Waals surface area contributed by atoms with Crippen molar-refractivity contribution < 1.29 is 23.8 Å². The third-order valence-corrected chi connectivity index (χ3v) is 4.77. The second-order valence-electron chi connectivity index (χ2n) is 6.68. The number of nitrogens with one attached hydrogen (secondary N) is 1. The van der Waals surface area contributed by atoms with Gasteiger partial charge in [-0.15, -0.1) is 0 Å². The Kier molecular flexibility index (Phi) is 7.91. The van der Waals surface area contributed by atoms with Crippen LogP contribution in [0.3, 0.4) is 0 Å². The number of amides is 1. The number of carbonyl (C=O) groups is 2. The van der Waals surface area contributed by atoms with Gasteiger partial charge in [-0.1, -0.05) is 19.8 Å². The fourth-order valence-corrected chi connectivity index (χ4v) is 3.22. The predicted molar refractivity (Wildman–Crippen MR) is 98.2 cm³/mol. The van der Waals surface area contributed by atoms with Crippen LogP contribution in [0.2, 0.25) is 0 Å². The lowest BCUT2D eigenvalue weighted by Crippen LogP contribution is -2.42. The van der Waals surface area contributed by atoms with Gasteiger partial charge in [0.05, 0.1) is 19.3 Å². The number of rotatable bonds is 8. The van der Waals surface area contributed by atoms with Crippen molar-refractivity contribution in [2.24, 2.45) is 5.92 Å². The molecule has 1 fully saturated rings. The molecule has 0 radical (unpaired) electrons. The molecule has 2 rings (SSSR count). The van der Waals surface area contributed by atoms with Gasteiger partial charge in [0.15, 0.2) is 6.61 Å². The van der Waals surface area contributed by atoms with Crippen molar-refractivity contribution >= 4 is 11.9 Å². The number of methoxy groups -OCH3 is 1.